The number of hydrogen-bond acceptors (Lipinski definition) is 2. The van der Waals surface area contributed by atoms with Crippen molar-refractivity contribution in [1.29, 1.82) is 0 Å². The highest BCUT2D eigenvalue weighted by molar-refractivity contribution is 9.09. The summed E-state index contributed by atoms with van der Waals surface area (Å²) < 4.78 is 0. The lowest BCUT2D eigenvalue weighted by atomic mass is 10.1. The number of alkyl halides is 1. The molecule has 0 heterocycles. The molecule has 78 valence electrons. The second kappa shape index (κ2) is 8.06. The maximum Gasteiger partial charge on any atom is 0.173 e. The van der Waals surface area contributed by atoms with Crippen LogP contribution in [-0.4, -0.2) is 23.6 Å². The van der Waals surface area contributed by atoms with Crippen molar-refractivity contribution in [2.75, 3.05) is 17.8 Å². The minimum Gasteiger partial charge on any atom is -0.293 e. The molecule has 0 aromatic heterocycles. The fourth-order valence-electron chi connectivity index (χ4n) is 0.817. The lowest BCUT2D eigenvalue weighted by Gasteiger charge is -1.96. The molecule has 0 saturated carbocycles. The van der Waals surface area contributed by atoms with E-state index in [1.807, 2.05) is 43.7 Å². The van der Waals surface area contributed by atoms with Gasteiger partial charge in [0.2, 0.25) is 0 Å². The third-order valence-corrected chi connectivity index (χ3v) is 2.00. The van der Waals surface area contributed by atoms with Crippen LogP contribution in [0.15, 0.2) is 24.3 Å². The average molecular weight is 275 g/mol. The van der Waals surface area contributed by atoms with Gasteiger partial charge in [-0.15, -0.1) is 0 Å². The third-order valence-electron chi connectivity index (χ3n) is 1.49. The van der Waals surface area contributed by atoms with Crippen molar-refractivity contribution in [3.8, 4) is 0 Å². The standard InChI is InChI=1S/C9H9BrO.C2H6S/c1-7-2-4-8(5-3-7)9(11)6-10;1-3-2/h2-5H,6H2,1H3;1-2H3. The van der Waals surface area contributed by atoms with Crippen molar-refractivity contribution in [2.45, 2.75) is 6.92 Å². The van der Waals surface area contributed by atoms with Crippen molar-refractivity contribution in [2.24, 2.45) is 0 Å². The summed E-state index contributed by atoms with van der Waals surface area (Å²) in [6.45, 7) is 2.00. The van der Waals surface area contributed by atoms with Crippen LogP contribution in [-0.2, 0) is 0 Å². The van der Waals surface area contributed by atoms with Crippen LogP contribution in [0.25, 0.3) is 0 Å². The molecule has 0 saturated heterocycles. The zero-order valence-electron chi connectivity index (χ0n) is 8.71. The number of carbonyl (C=O) groups is 1. The van der Waals surface area contributed by atoms with Crippen molar-refractivity contribution in [1.82, 2.24) is 0 Å². The highest BCUT2D eigenvalue weighted by atomic mass is 79.9. The van der Waals surface area contributed by atoms with Gasteiger partial charge in [-0.2, -0.15) is 11.8 Å². The largest absolute Gasteiger partial charge is 0.293 e. The van der Waals surface area contributed by atoms with Gasteiger partial charge in [-0.05, 0) is 19.4 Å². The van der Waals surface area contributed by atoms with E-state index in [1.54, 1.807) is 11.8 Å². The quantitative estimate of drug-likeness (QED) is 0.606. The minimum atomic E-state index is 0.130. The molecular formula is C11H15BrOS. The van der Waals surface area contributed by atoms with Crippen LogP contribution in [0.4, 0.5) is 0 Å². The monoisotopic (exact) mass is 274 g/mol. The predicted octanol–water partition coefficient (Wildman–Crippen LogP) is 3.55. The number of benzene rings is 1. The van der Waals surface area contributed by atoms with Crippen molar-refractivity contribution in [3.63, 3.8) is 0 Å². The number of carbonyl (C=O) groups excluding carboxylic acids is 1. The molecule has 0 spiro atoms. The molecule has 1 nitrogen and oxygen atoms in total. The summed E-state index contributed by atoms with van der Waals surface area (Å²) >= 11 is 4.87. The molecule has 1 aromatic carbocycles. The van der Waals surface area contributed by atoms with Gasteiger partial charge in [0.05, 0.1) is 5.33 Å². The van der Waals surface area contributed by atoms with Gasteiger partial charge in [-0.25, -0.2) is 0 Å². The van der Waals surface area contributed by atoms with E-state index in [0.29, 0.717) is 5.33 Å². The fraction of sp³-hybridized carbons (Fsp3) is 0.364. The van der Waals surface area contributed by atoms with E-state index < -0.39 is 0 Å². The van der Waals surface area contributed by atoms with Gasteiger partial charge in [-0.1, -0.05) is 45.8 Å². The molecule has 0 aliphatic carbocycles. The fourth-order valence-corrected chi connectivity index (χ4v) is 1.14. The summed E-state index contributed by atoms with van der Waals surface area (Å²) in [5.74, 6) is 0.130. The van der Waals surface area contributed by atoms with E-state index in [1.165, 1.54) is 5.56 Å². The Hall–Kier alpha value is -0.280. The van der Waals surface area contributed by atoms with E-state index >= 15 is 0 Å². The van der Waals surface area contributed by atoms with Gasteiger partial charge in [0.15, 0.2) is 5.78 Å². The Bertz CT molecular complexity index is 269. The zero-order valence-corrected chi connectivity index (χ0v) is 11.1. The van der Waals surface area contributed by atoms with E-state index in [4.69, 9.17) is 0 Å². The molecule has 0 atom stereocenters. The normalized spacial score (nSPS) is 8.86. The molecular weight excluding hydrogens is 260 g/mol. The van der Waals surface area contributed by atoms with E-state index in [0.717, 1.165) is 5.56 Å². The first-order chi connectivity index (χ1) is 6.65. The number of halogens is 1. The van der Waals surface area contributed by atoms with Gasteiger partial charge in [0.25, 0.3) is 0 Å². The Morgan fingerprint density at radius 1 is 1.29 bits per heavy atom. The molecule has 1 aromatic rings. The molecule has 0 bridgehead atoms. The Balaban J connectivity index is 0.000000500. The average Bonchev–Trinajstić information content (AvgIpc) is 2.19. The molecule has 3 heteroatoms. The summed E-state index contributed by atoms with van der Waals surface area (Å²) in [6.07, 6.45) is 4.08. The number of hydrogen-bond donors (Lipinski definition) is 0. The Kier molecular flexibility index (Phi) is 7.90. The van der Waals surface area contributed by atoms with Gasteiger partial charge in [-0.3, -0.25) is 4.79 Å². The number of thioether (sulfide) groups is 1. The summed E-state index contributed by atoms with van der Waals surface area (Å²) in [5, 5.41) is 0.399. The summed E-state index contributed by atoms with van der Waals surface area (Å²) in [7, 11) is 0. The highest BCUT2D eigenvalue weighted by Crippen LogP contribution is 2.04. The molecule has 0 fully saturated rings. The van der Waals surface area contributed by atoms with Crippen LogP contribution >= 0.6 is 27.7 Å². The summed E-state index contributed by atoms with van der Waals surface area (Å²) in [5.41, 5.74) is 1.95. The van der Waals surface area contributed by atoms with E-state index in [2.05, 4.69) is 15.9 Å². The molecule has 14 heavy (non-hydrogen) atoms. The molecule has 0 N–H and O–H groups in total. The lowest BCUT2D eigenvalue weighted by molar-refractivity contribution is 0.102. The molecule has 0 aliphatic rings. The number of ketones is 1. The SMILES string of the molecule is CSC.Cc1ccc(C(=O)CBr)cc1. The number of Topliss-reactive ketones (excluding diaryl/α,β-unsaturated/α-hetero) is 1. The minimum absolute atomic E-state index is 0.130. The van der Waals surface area contributed by atoms with Crippen LogP contribution in [0, 0.1) is 6.92 Å². The van der Waals surface area contributed by atoms with Gasteiger partial charge in [0, 0.05) is 5.56 Å². The van der Waals surface area contributed by atoms with Crippen molar-refractivity contribution in [3.05, 3.63) is 35.4 Å². The lowest BCUT2D eigenvalue weighted by Crippen LogP contribution is -1.98. The molecule has 0 radical (unpaired) electrons. The summed E-state index contributed by atoms with van der Waals surface area (Å²) in [6, 6.07) is 7.57. The van der Waals surface area contributed by atoms with Crippen molar-refractivity contribution < 1.29 is 4.79 Å². The Morgan fingerprint density at radius 2 is 1.71 bits per heavy atom. The smallest absolute Gasteiger partial charge is 0.173 e. The van der Waals surface area contributed by atoms with Gasteiger partial charge in [0.1, 0.15) is 0 Å². The molecule has 0 aliphatic heterocycles. The zero-order chi connectivity index (χ0) is 11.0. The van der Waals surface area contributed by atoms with Gasteiger partial charge < -0.3 is 0 Å². The van der Waals surface area contributed by atoms with Crippen LogP contribution in [0.2, 0.25) is 0 Å². The van der Waals surface area contributed by atoms with Crippen LogP contribution in [0.5, 0.6) is 0 Å². The van der Waals surface area contributed by atoms with E-state index in [-0.39, 0.29) is 5.78 Å². The molecule has 1 rings (SSSR count). The first-order valence-electron chi connectivity index (χ1n) is 4.21. The Labute approximate surface area is 98.4 Å². The summed E-state index contributed by atoms with van der Waals surface area (Å²) in [4.78, 5) is 11.1. The van der Waals surface area contributed by atoms with E-state index in [9.17, 15) is 4.79 Å². The maximum absolute atomic E-state index is 11.1. The van der Waals surface area contributed by atoms with Crippen molar-refractivity contribution >= 4 is 33.5 Å². The Morgan fingerprint density at radius 3 is 2.07 bits per heavy atom. The third kappa shape index (κ3) is 5.45. The van der Waals surface area contributed by atoms with Crippen LogP contribution in [0.3, 0.4) is 0 Å². The second-order valence-electron chi connectivity index (χ2n) is 2.83. The first kappa shape index (κ1) is 13.7. The highest BCUT2D eigenvalue weighted by Gasteiger charge is 2.00. The molecule has 0 unspecified atom stereocenters. The number of rotatable bonds is 2. The van der Waals surface area contributed by atoms with Gasteiger partial charge >= 0.3 is 0 Å². The number of aryl methyl sites for hydroxylation is 1. The van der Waals surface area contributed by atoms with Crippen LogP contribution in [0.1, 0.15) is 15.9 Å². The topological polar surface area (TPSA) is 17.1 Å². The molecule has 0 amide bonds. The maximum atomic E-state index is 11.1. The second-order valence-corrected chi connectivity index (χ2v) is 4.21. The predicted molar refractivity (Wildman–Crippen MR) is 68.7 cm³/mol. The first-order valence-corrected chi connectivity index (χ1v) is 6.97. The van der Waals surface area contributed by atoms with Crippen LogP contribution < -0.4 is 0 Å².